The molecule has 2 aliphatic carbocycles. The fraction of sp³-hybridized carbons (Fsp3) is 0.438. The highest BCUT2D eigenvalue weighted by molar-refractivity contribution is 5.99. The number of carbonyl (C=O) groups is 2. The quantitative estimate of drug-likeness (QED) is 0.375. The Morgan fingerprint density at radius 2 is 1.85 bits per heavy atom. The number of nitrogens with zero attached hydrogens (tertiary/aromatic N) is 1. The van der Waals surface area contributed by atoms with Crippen LogP contribution in [0.25, 0.3) is 11.0 Å². The predicted octanol–water partition coefficient (Wildman–Crippen LogP) is 3.93. The number of aliphatic hydroxyl groups excluding tert-OH is 2. The number of methoxy groups -OCH3 is 1. The molecule has 0 bridgehead atoms. The van der Waals surface area contributed by atoms with Crippen molar-refractivity contribution in [2.75, 3.05) is 20.3 Å². The van der Waals surface area contributed by atoms with Gasteiger partial charge in [0.2, 0.25) is 5.91 Å². The second-order valence-corrected chi connectivity index (χ2v) is 11.0. The lowest BCUT2D eigenvalue weighted by molar-refractivity contribution is -0.118. The van der Waals surface area contributed by atoms with Gasteiger partial charge in [-0.15, -0.1) is 0 Å². The zero-order valence-electron chi connectivity index (χ0n) is 23.1. The van der Waals surface area contributed by atoms with Crippen molar-refractivity contribution < 1.29 is 33.7 Å². The number of hydrogen-bond donors (Lipinski definition) is 3. The lowest BCUT2D eigenvalue weighted by Gasteiger charge is -2.43. The van der Waals surface area contributed by atoms with E-state index >= 15 is 0 Å². The molecule has 2 amide bonds. The van der Waals surface area contributed by atoms with Gasteiger partial charge in [0.15, 0.2) is 17.1 Å². The van der Waals surface area contributed by atoms with Crippen LogP contribution in [0.15, 0.2) is 64.6 Å². The Hall–Kier alpha value is -3.82. The van der Waals surface area contributed by atoms with Crippen molar-refractivity contribution >= 4 is 22.8 Å². The molecule has 6 rings (SSSR count). The van der Waals surface area contributed by atoms with Crippen molar-refractivity contribution in [3.63, 3.8) is 0 Å². The van der Waals surface area contributed by atoms with Gasteiger partial charge in [-0.3, -0.25) is 9.59 Å². The lowest BCUT2D eigenvalue weighted by Crippen LogP contribution is -2.58. The summed E-state index contributed by atoms with van der Waals surface area (Å²) >= 11 is 0. The van der Waals surface area contributed by atoms with Crippen molar-refractivity contribution in [3.8, 4) is 11.5 Å². The maximum absolute atomic E-state index is 14.4. The first-order chi connectivity index (χ1) is 20.0. The van der Waals surface area contributed by atoms with Crippen LogP contribution in [0.5, 0.6) is 11.5 Å². The number of amides is 2. The number of aliphatic hydroxyl groups is 2. The van der Waals surface area contributed by atoms with E-state index in [1.165, 1.54) is 0 Å². The van der Waals surface area contributed by atoms with Crippen molar-refractivity contribution in [1.29, 1.82) is 0 Å². The smallest absolute Gasteiger partial charge is 0.290 e. The van der Waals surface area contributed by atoms with Crippen LogP contribution in [0.1, 0.15) is 60.6 Å². The fourth-order valence-electron chi connectivity index (χ4n) is 6.67. The maximum Gasteiger partial charge on any atom is 0.290 e. The van der Waals surface area contributed by atoms with Gasteiger partial charge in [0.1, 0.15) is 18.0 Å². The number of furan rings is 1. The largest absolute Gasteiger partial charge is 0.493 e. The molecule has 2 aromatic carbocycles. The van der Waals surface area contributed by atoms with E-state index in [1.807, 2.05) is 36.4 Å². The molecule has 0 radical (unpaired) electrons. The third kappa shape index (κ3) is 4.97. The maximum atomic E-state index is 14.4. The highest BCUT2D eigenvalue weighted by atomic mass is 16.5. The first-order valence-corrected chi connectivity index (χ1v) is 14.5. The van der Waals surface area contributed by atoms with E-state index in [2.05, 4.69) is 5.32 Å². The van der Waals surface area contributed by atoms with Gasteiger partial charge in [-0.1, -0.05) is 56.0 Å². The summed E-state index contributed by atoms with van der Waals surface area (Å²) in [6.07, 6.45) is 5.56. The molecule has 9 heteroatoms. The fourth-order valence-corrected chi connectivity index (χ4v) is 6.67. The number of hydrogen-bond acceptors (Lipinski definition) is 7. The molecule has 1 saturated carbocycles. The van der Waals surface area contributed by atoms with Crippen LogP contribution in [0.4, 0.5) is 0 Å². The van der Waals surface area contributed by atoms with Gasteiger partial charge in [0, 0.05) is 29.1 Å². The first kappa shape index (κ1) is 27.4. The highest BCUT2D eigenvalue weighted by Gasteiger charge is 2.51. The average molecular weight is 561 g/mol. The van der Waals surface area contributed by atoms with Crippen LogP contribution in [0.2, 0.25) is 0 Å². The molecular formula is C32H36N2O7. The SMILES string of the molecule is COc1cccc2cc(C(=O)N(C3CCCCCC3)[C@@H]3C=C(C(=O)NCCO)[C@@H]4c5ccccc5O[C@@H]4[C@H]3O)oc12. The van der Waals surface area contributed by atoms with Gasteiger partial charge >= 0.3 is 0 Å². The van der Waals surface area contributed by atoms with Crippen molar-refractivity contribution in [2.45, 2.75) is 68.7 Å². The second-order valence-electron chi connectivity index (χ2n) is 11.0. The Bertz CT molecular complexity index is 1460. The van der Waals surface area contributed by atoms with Gasteiger partial charge in [0.25, 0.3) is 5.91 Å². The molecule has 9 nitrogen and oxygen atoms in total. The number of ether oxygens (including phenoxy) is 2. The Morgan fingerprint density at radius 1 is 1.07 bits per heavy atom. The predicted molar refractivity (Wildman–Crippen MR) is 152 cm³/mol. The number of fused-ring (bicyclic) bond motifs is 4. The number of carbonyl (C=O) groups excluding carboxylic acids is 2. The zero-order valence-corrected chi connectivity index (χ0v) is 23.1. The molecule has 3 aromatic rings. The molecule has 41 heavy (non-hydrogen) atoms. The van der Waals surface area contributed by atoms with E-state index in [9.17, 15) is 19.8 Å². The minimum absolute atomic E-state index is 0.0926. The Balaban J connectivity index is 1.45. The summed E-state index contributed by atoms with van der Waals surface area (Å²) in [6.45, 7) is -0.107. The third-order valence-electron chi connectivity index (χ3n) is 8.59. The van der Waals surface area contributed by atoms with E-state index in [1.54, 1.807) is 30.2 Å². The van der Waals surface area contributed by atoms with Gasteiger partial charge in [0.05, 0.1) is 25.7 Å². The number of nitrogens with one attached hydrogen (secondary N) is 1. The summed E-state index contributed by atoms with van der Waals surface area (Å²) in [5.74, 6) is 0.0892. The molecule has 4 atom stereocenters. The zero-order chi connectivity index (χ0) is 28.5. The summed E-state index contributed by atoms with van der Waals surface area (Å²) in [7, 11) is 1.55. The molecule has 0 saturated heterocycles. The standard InChI is InChI=1S/C32H36N2O7/c1-39-25-14-8-9-19-17-26(41-29(19)25)32(38)34(20-10-4-2-3-5-11-20)23-18-22(31(37)33-15-16-35)27-21-12-6-7-13-24(21)40-30(27)28(23)36/h6-9,12-14,17-18,20,23,27-28,30,35-36H,2-5,10-11,15-16H2,1H3,(H,33,37)/t23-,27+,28+,30+/m1/s1. The molecule has 0 spiro atoms. The van der Waals surface area contributed by atoms with Crippen LogP contribution in [0.3, 0.4) is 0 Å². The molecule has 216 valence electrons. The second kappa shape index (κ2) is 11.6. The molecule has 1 aliphatic heterocycles. The van der Waals surface area contributed by atoms with E-state index in [-0.39, 0.29) is 36.8 Å². The molecule has 1 aromatic heterocycles. The van der Waals surface area contributed by atoms with Crippen molar-refractivity contribution in [1.82, 2.24) is 10.2 Å². The summed E-state index contributed by atoms with van der Waals surface area (Å²) in [5, 5.41) is 24.8. The normalized spacial score (nSPS) is 24.0. The minimum Gasteiger partial charge on any atom is -0.493 e. The van der Waals surface area contributed by atoms with E-state index in [0.29, 0.717) is 22.7 Å². The Kier molecular flexibility index (Phi) is 7.73. The highest BCUT2D eigenvalue weighted by Crippen LogP contribution is 2.48. The lowest BCUT2D eigenvalue weighted by atomic mass is 9.77. The van der Waals surface area contributed by atoms with E-state index in [0.717, 1.165) is 49.5 Å². The van der Waals surface area contributed by atoms with Crippen molar-refractivity contribution in [2.24, 2.45) is 0 Å². The molecule has 2 heterocycles. The van der Waals surface area contributed by atoms with Crippen LogP contribution < -0.4 is 14.8 Å². The van der Waals surface area contributed by atoms with Crippen molar-refractivity contribution in [3.05, 3.63) is 71.5 Å². The minimum atomic E-state index is -1.09. The molecule has 1 fully saturated rings. The third-order valence-corrected chi connectivity index (χ3v) is 8.59. The number of benzene rings is 2. The topological polar surface area (TPSA) is 121 Å². The van der Waals surface area contributed by atoms with Crippen LogP contribution in [-0.2, 0) is 4.79 Å². The summed E-state index contributed by atoms with van der Waals surface area (Å²) in [4.78, 5) is 29.6. The summed E-state index contributed by atoms with van der Waals surface area (Å²) in [6, 6.07) is 13.7. The monoisotopic (exact) mass is 560 g/mol. The molecule has 3 N–H and O–H groups in total. The van der Waals surface area contributed by atoms with Crippen LogP contribution in [-0.4, -0.2) is 71.5 Å². The van der Waals surface area contributed by atoms with E-state index < -0.39 is 24.2 Å². The molecule has 0 unspecified atom stereocenters. The summed E-state index contributed by atoms with van der Waals surface area (Å²) < 4.78 is 17.8. The average Bonchev–Trinajstić information content (AvgIpc) is 3.51. The summed E-state index contributed by atoms with van der Waals surface area (Å²) in [5.41, 5.74) is 1.72. The number of para-hydroxylation sites is 2. The van der Waals surface area contributed by atoms with Gasteiger partial charge in [-0.05, 0) is 37.1 Å². The number of rotatable bonds is 7. The Labute approximate surface area is 238 Å². The van der Waals surface area contributed by atoms with Crippen LogP contribution >= 0.6 is 0 Å². The van der Waals surface area contributed by atoms with Gasteiger partial charge < -0.3 is 34.3 Å². The first-order valence-electron chi connectivity index (χ1n) is 14.5. The molecular weight excluding hydrogens is 524 g/mol. The Morgan fingerprint density at radius 3 is 2.61 bits per heavy atom. The van der Waals surface area contributed by atoms with Gasteiger partial charge in [-0.25, -0.2) is 0 Å². The van der Waals surface area contributed by atoms with Crippen LogP contribution in [0, 0.1) is 0 Å². The van der Waals surface area contributed by atoms with E-state index in [4.69, 9.17) is 13.9 Å². The molecule has 3 aliphatic rings. The van der Waals surface area contributed by atoms with Gasteiger partial charge in [-0.2, -0.15) is 0 Å².